The van der Waals surface area contributed by atoms with Crippen LogP contribution in [-0.2, 0) is 0 Å². The zero-order chi connectivity index (χ0) is 15.6. The van der Waals surface area contributed by atoms with Gasteiger partial charge in [0.2, 0.25) is 0 Å². The average molecular weight is 323 g/mol. The molecule has 0 radical (unpaired) electrons. The number of hydrogen-bond donors (Lipinski definition) is 0. The van der Waals surface area contributed by atoms with Gasteiger partial charge < -0.3 is 4.90 Å². The second-order valence-corrected chi connectivity index (χ2v) is 6.91. The SMILES string of the molecule is O=C(c1ccncc1)N1CCC[C@H](c2nc3ccccc3s2)C1. The summed E-state index contributed by atoms with van der Waals surface area (Å²) in [5.41, 5.74) is 1.77. The Morgan fingerprint density at radius 1 is 1.17 bits per heavy atom. The molecule has 1 atom stereocenters. The highest BCUT2D eigenvalue weighted by Gasteiger charge is 2.27. The minimum Gasteiger partial charge on any atom is -0.338 e. The molecule has 1 aromatic carbocycles. The summed E-state index contributed by atoms with van der Waals surface area (Å²) in [5.74, 6) is 0.435. The lowest BCUT2D eigenvalue weighted by molar-refractivity contribution is 0.0707. The highest BCUT2D eigenvalue weighted by atomic mass is 32.1. The molecule has 0 bridgehead atoms. The van der Waals surface area contributed by atoms with Crippen molar-refractivity contribution in [1.82, 2.24) is 14.9 Å². The van der Waals surface area contributed by atoms with E-state index in [0.717, 1.165) is 36.5 Å². The van der Waals surface area contributed by atoms with Gasteiger partial charge >= 0.3 is 0 Å². The van der Waals surface area contributed by atoms with Crippen molar-refractivity contribution in [3.8, 4) is 0 Å². The van der Waals surface area contributed by atoms with Crippen molar-refractivity contribution in [3.05, 3.63) is 59.4 Å². The Bertz CT molecular complexity index is 797. The first-order valence-electron chi connectivity index (χ1n) is 7.86. The van der Waals surface area contributed by atoms with Gasteiger partial charge in [-0.2, -0.15) is 0 Å². The lowest BCUT2D eigenvalue weighted by Crippen LogP contribution is -2.39. The Morgan fingerprint density at radius 2 is 2.00 bits per heavy atom. The van der Waals surface area contributed by atoms with Crippen molar-refractivity contribution in [2.75, 3.05) is 13.1 Å². The van der Waals surface area contributed by atoms with Crippen LogP contribution < -0.4 is 0 Å². The Hall–Kier alpha value is -2.27. The molecule has 0 unspecified atom stereocenters. The van der Waals surface area contributed by atoms with Gasteiger partial charge in [0.15, 0.2) is 0 Å². The Kier molecular flexibility index (Phi) is 3.79. The van der Waals surface area contributed by atoms with Crippen LogP contribution in [0.2, 0.25) is 0 Å². The Labute approximate surface area is 138 Å². The van der Waals surface area contributed by atoms with E-state index in [-0.39, 0.29) is 5.91 Å². The van der Waals surface area contributed by atoms with E-state index in [9.17, 15) is 4.79 Å². The number of rotatable bonds is 2. The van der Waals surface area contributed by atoms with E-state index < -0.39 is 0 Å². The fourth-order valence-electron chi connectivity index (χ4n) is 3.10. The van der Waals surface area contributed by atoms with Crippen LogP contribution >= 0.6 is 11.3 Å². The molecular formula is C18H17N3OS. The summed E-state index contributed by atoms with van der Waals surface area (Å²) in [6.45, 7) is 1.57. The zero-order valence-electron chi connectivity index (χ0n) is 12.7. The summed E-state index contributed by atoms with van der Waals surface area (Å²) in [4.78, 5) is 23.3. The van der Waals surface area contributed by atoms with Gasteiger partial charge in [0, 0.05) is 37.0 Å². The van der Waals surface area contributed by atoms with Crippen molar-refractivity contribution in [2.24, 2.45) is 0 Å². The Balaban J connectivity index is 1.56. The normalized spacial score (nSPS) is 18.3. The monoisotopic (exact) mass is 323 g/mol. The van der Waals surface area contributed by atoms with Crippen molar-refractivity contribution in [2.45, 2.75) is 18.8 Å². The van der Waals surface area contributed by atoms with E-state index in [1.54, 1.807) is 35.9 Å². The van der Waals surface area contributed by atoms with E-state index in [4.69, 9.17) is 4.98 Å². The number of pyridine rings is 1. The number of aromatic nitrogens is 2. The fraction of sp³-hybridized carbons (Fsp3) is 0.278. The predicted molar refractivity (Wildman–Crippen MR) is 91.7 cm³/mol. The molecule has 23 heavy (non-hydrogen) atoms. The molecule has 5 heteroatoms. The van der Waals surface area contributed by atoms with E-state index >= 15 is 0 Å². The summed E-state index contributed by atoms with van der Waals surface area (Å²) >= 11 is 1.75. The predicted octanol–water partition coefficient (Wildman–Crippen LogP) is 3.71. The summed E-state index contributed by atoms with van der Waals surface area (Å²) in [6.07, 6.45) is 5.46. The van der Waals surface area contributed by atoms with E-state index in [1.165, 1.54) is 4.70 Å². The van der Waals surface area contributed by atoms with Gasteiger partial charge in [-0.1, -0.05) is 12.1 Å². The number of piperidine rings is 1. The van der Waals surface area contributed by atoms with Crippen molar-refractivity contribution in [1.29, 1.82) is 0 Å². The average Bonchev–Trinajstić information content (AvgIpc) is 3.06. The summed E-state index contributed by atoms with van der Waals surface area (Å²) in [7, 11) is 0. The lowest BCUT2D eigenvalue weighted by Gasteiger charge is -2.31. The maximum atomic E-state index is 12.6. The van der Waals surface area contributed by atoms with Gasteiger partial charge in [-0.3, -0.25) is 9.78 Å². The number of fused-ring (bicyclic) bond motifs is 1. The van der Waals surface area contributed by atoms with Crippen molar-refractivity contribution in [3.63, 3.8) is 0 Å². The molecule has 116 valence electrons. The molecule has 0 aliphatic carbocycles. The maximum absolute atomic E-state index is 12.6. The second kappa shape index (κ2) is 6.08. The van der Waals surface area contributed by atoms with E-state index in [2.05, 4.69) is 17.1 Å². The summed E-state index contributed by atoms with van der Waals surface area (Å²) < 4.78 is 1.22. The number of carbonyl (C=O) groups excluding carboxylic acids is 1. The minimum atomic E-state index is 0.0956. The number of carbonyl (C=O) groups is 1. The van der Waals surface area contributed by atoms with Crippen molar-refractivity contribution < 1.29 is 4.79 Å². The van der Waals surface area contributed by atoms with Gasteiger partial charge in [0.05, 0.1) is 15.2 Å². The third kappa shape index (κ3) is 2.84. The third-order valence-electron chi connectivity index (χ3n) is 4.30. The van der Waals surface area contributed by atoms with Gasteiger partial charge in [-0.15, -0.1) is 11.3 Å². The van der Waals surface area contributed by atoms with E-state index in [1.807, 2.05) is 17.0 Å². The van der Waals surface area contributed by atoms with Crippen LogP contribution in [0.3, 0.4) is 0 Å². The van der Waals surface area contributed by atoms with Crippen LogP contribution in [0.4, 0.5) is 0 Å². The molecule has 4 rings (SSSR count). The van der Waals surface area contributed by atoms with Gasteiger partial charge in [-0.05, 0) is 37.1 Å². The number of amides is 1. The molecule has 3 aromatic rings. The first kappa shape index (κ1) is 14.3. The quantitative estimate of drug-likeness (QED) is 0.722. The number of benzene rings is 1. The maximum Gasteiger partial charge on any atom is 0.253 e. The van der Waals surface area contributed by atoms with Gasteiger partial charge in [-0.25, -0.2) is 4.98 Å². The number of para-hydroxylation sites is 1. The fourth-order valence-corrected chi connectivity index (χ4v) is 4.20. The van der Waals surface area contributed by atoms with Crippen LogP contribution in [0.15, 0.2) is 48.8 Å². The molecule has 1 fully saturated rings. The third-order valence-corrected chi connectivity index (χ3v) is 5.49. The molecular weight excluding hydrogens is 306 g/mol. The minimum absolute atomic E-state index is 0.0956. The van der Waals surface area contributed by atoms with Crippen LogP contribution in [0.25, 0.3) is 10.2 Å². The Morgan fingerprint density at radius 3 is 2.83 bits per heavy atom. The summed E-state index contributed by atoms with van der Waals surface area (Å²) in [5, 5.41) is 1.15. The van der Waals surface area contributed by atoms with Crippen LogP contribution in [-0.4, -0.2) is 33.9 Å². The first-order valence-corrected chi connectivity index (χ1v) is 8.68. The standard InChI is InChI=1S/C18H17N3OS/c22-18(13-7-9-19-10-8-13)21-11-3-4-14(12-21)17-20-15-5-1-2-6-16(15)23-17/h1-2,5-10,14H,3-4,11-12H2/t14-/m0/s1. The van der Waals surface area contributed by atoms with Crippen LogP contribution in [0, 0.1) is 0 Å². The molecule has 1 saturated heterocycles. The second-order valence-electron chi connectivity index (χ2n) is 5.85. The van der Waals surface area contributed by atoms with Crippen LogP contribution in [0.5, 0.6) is 0 Å². The van der Waals surface area contributed by atoms with Gasteiger partial charge in [0.1, 0.15) is 0 Å². The van der Waals surface area contributed by atoms with Gasteiger partial charge in [0.25, 0.3) is 5.91 Å². The lowest BCUT2D eigenvalue weighted by atomic mass is 9.98. The molecule has 3 heterocycles. The summed E-state index contributed by atoms with van der Waals surface area (Å²) in [6, 6.07) is 11.8. The topological polar surface area (TPSA) is 46.1 Å². The molecule has 1 amide bonds. The smallest absolute Gasteiger partial charge is 0.253 e. The van der Waals surface area contributed by atoms with Crippen molar-refractivity contribution >= 4 is 27.5 Å². The molecule has 1 aliphatic heterocycles. The highest BCUT2D eigenvalue weighted by molar-refractivity contribution is 7.18. The first-order chi connectivity index (χ1) is 11.3. The molecule has 1 aliphatic rings. The molecule has 4 nitrogen and oxygen atoms in total. The number of likely N-dealkylation sites (tertiary alicyclic amines) is 1. The zero-order valence-corrected chi connectivity index (χ0v) is 13.5. The number of nitrogens with zero attached hydrogens (tertiary/aromatic N) is 3. The molecule has 0 N–H and O–H groups in total. The molecule has 0 saturated carbocycles. The largest absolute Gasteiger partial charge is 0.338 e. The molecule has 0 spiro atoms. The molecule has 2 aromatic heterocycles. The number of thiazole rings is 1. The highest BCUT2D eigenvalue weighted by Crippen LogP contribution is 2.33. The van der Waals surface area contributed by atoms with E-state index in [0.29, 0.717) is 11.5 Å². The number of hydrogen-bond acceptors (Lipinski definition) is 4. The van der Waals surface area contributed by atoms with Crippen LogP contribution in [0.1, 0.15) is 34.1 Å².